The second kappa shape index (κ2) is 7.18. The number of hydrogen-bond acceptors (Lipinski definition) is 5. The summed E-state index contributed by atoms with van der Waals surface area (Å²) in [7, 11) is 2.15. The van der Waals surface area contributed by atoms with E-state index in [1.807, 2.05) is 12.3 Å². The number of nitrogens with zero attached hydrogens (tertiary/aromatic N) is 4. The number of ether oxygens (including phenoxy) is 1. The highest BCUT2D eigenvalue weighted by molar-refractivity contribution is 5.36. The molecule has 2 aliphatic heterocycles. The van der Waals surface area contributed by atoms with Gasteiger partial charge in [-0.05, 0) is 44.7 Å². The molecule has 0 radical (unpaired) electrons. The zero-order valence-corrected chi connectivity index (χ0v) is 12.9. The first kappa shape index (κ1) is 14.7. The van der Waals surface area contributed by atoms with Gasteiger partial charge >= 0.3 is 0 Å². The van der Waals surface area contributed by atoms with Crippen LogP contribution in [0.1, 0.15) is 32.1 Å². The molecule has 0 aromatic carbocycles. The van der Waals surface area contributed by atoms with E-state index in [9.17, 15) is 0 Å². The maximum Gasteiger partial charge on any atom is 0.131 e. The average molecular weight is 290 g/mol. The van der Waals surface area contributed by atoms with Crippen LogP contribution in [0.5, 0.6) is 0 Å². The lowest BCUT2D eigenvalue weighted by Gasteiger charge is -2.39. The molecule has 2 fully saturated rings. The Balaban J connectivity index is 1.55. The molecule has 2 atom stereocenters. The number of aromatic nitrogens is 2. The SMILES string of the molecule is CN(c1ccncn1)C1CCCN(CC2CCCCO2)C1. The first-order valence-corrected chi connectivity index (χ1v) is 8.16. The topological polar surface area (TPSA) is 41.5 Å². The molecule has 2 saturated heterocycles. The molecule has 1 aromatic rings. The van der Waals surface area contributed by atoms with Crippen molar-refractivity contribution < 1.29 is 4.74 Å². The van der Waals surface area contributed by atoms with Gasteiger partial charge in [0, 0.05) is 39.0 Å². The first-order chi connectivity index (χ1) is 10.3. The van der Waals surface area contributed by atoms with Crippen molar-refractivity contribution in [2.24, 2.45) is 0 Å². The van der Waals surface area contributed by atoms with E-state index >= 15 is 0 Å². The lowest BCUT2D eigenvalue weighted by atomic mass is 10.0. The van der Waals surface area contributed by atoms with Crippen LogP contribution in [-0.2, 0) is 4.74 Å². The fraction of sp³-hybridized carbons (Fsp3) is 0.750. The third kappa shape index (κ3) is 3.92. The van der Waals surface area contributed by atoms with Crippen molar-refractivity contribution in [2.75, 3.05) is 38.2 Å². The third-order valence-electron chi connectivity index (χ3n) is 4.69. The van der Waals surface area contributed by atoms with Crippen LogP contribution in [0.3, 0.4) is 0 Å². The molecule has 2 aliphatic rings. The van der Waals surface area contributed by atoms with Crippen LogP contribution in [0.25, 0.3) is 0 Å². The molecule has 1 aromatic heterocycles. The van der Waals surface area contributed by atoms with Gasteiger partial charge < -0.3 is 9.64 Å². The Morgan fingerprint density at radius 1 is 1.33 bits per heavy atom. The average Bonchev–Trinajstić information content (AvgIpc) is 2.56. The van der Waals surface area contributed by atoms with E-state index in [4.69, 9.17) is 4.74 Å². The third-order valence-corrected chi connectivity index (χ3v) is 4.69. The zero-order chi connectivity index (χ0) is 14.5. The van der Waals surface area contributed by atoms with Crippen LogP contribution in [0.4, 0.5) is 5.82 Å². The molecule has 116 valence electrons. The van der Waals surface area contributed by atoms with Gasteiger partial charge in [0.05, 0.1) is 6.10 Å². The van der Waals surface area contributed by atoms with Crippen molar-refractivity contribution in [2.45, 2.75) is 44.2 Å². The molecule has 0 aliphatic carbocycles. The van der Waals surface area contributed by atoms with E-state index in [1.54, 1.807) is 6.33 Å². The van der Waals surface area contributed by atoms with Crippen LogP contribution in [0, 0.1) is 0 Å². The number of rotatable bonds is 4. The van der Waals surface area contributed by atoms with Crippen molar-refractivity contribution in [1.82, 2.24) is 14.9 Å². The summed E-state index contributed by atoms with van der Waals surface area (Å²) in [4.78, 5) is 13.2. The van der Waals surface area contributed by atoms with E-state index < -0.39 is 0 Å². The van der Waals surface area contributed by atoms with Crippen LogP contribution in [0.15, 0.2) is 18.6 Å². The fourth-order valence-electron chi connectivity index (χ4n) is 3.43. The predicted octanol–water partition coefficient (Wildman–Crippen LogP) is 1.95. The van der Waals surface area contributed by atoms with Gasteiger partial charge in [-0.2, -0.15) is 0 Å². The summed E-state index contributed by atoms with van der Waals surface area (Å²) in [6, 6.07) is 2.53. The second-order valence-corrected chi connectivity index (χ2v) is 6.22. The molecular formula is C16H26N4O. The van der Waals surface area contributed by atoms with Gasteiger partial charge in [-0.1, -0.05) is 0 Å². The number of piperidine rings is 1. The van der Waals surface area contributed by atoms with Crippen molar-refractivity contribution in [3.63, 3.8) is 0 Å². The van der Waals surface area contributed by atoms with E-state index in [2.05, 4.69) is 26.8 Å². The van der Waals surface area contributed by atoms with E-state index in [1.165, 1.54) is 38.6 Å². The molecule has 5 nitrogen and oxygen atoms in total. The number of likely N-dealkylation sites (N-methyl/N-ethyl adjacent to an activating group) is 1. The number of likely N-dealkylation sites (tertiary alicyclic amines) is 1. The second-order valence-electron chi connectivity index (χ2n) is 6.22. The molecule has 0 spiro atoms. The normalized spacial score (nSPS) is 27.5. The van der Waals surface area contributed by atoms with Gasteiger partial charge in [-0.15, -0.1) is 0 Å². The quantitative estimate of drug-likeness (QED) is 0.848. The summed E-state index contributed by atoms with van der Waals surface area (Å²) in [5, 5.41) is 0. The smallest absolute Gasteiger partial charge is 0.131 e. The van der Waals surface area contributed by atoms with E-state index in [-0.39, 0.29) is 0 Å². The summed E-state index contributed by atoms with van der Waals surface area (Å²) in [6.07, 6.45) is 10.2. The van der Waals surface area contributed by atoms with Crippen LogP contribution >= 0.6 is 0 Å². The lowest BCUT2D eigenvalue weighted by molar-refractivity contribution is -0.00991. The summed E-state index contributed by atoms with van der Waals surface area (Å²) in [6.45, 7) is 4.35. The molecule has 0 N–H and O–H groups in total. The molecule has 0 bridgehead atoms. The van der Waals surface area contributed by atoms with Crippen LogP contribution < -0.4 is 4.90 Å². The number of anilines is 1. The van der Waals surface area contributed by atoms with Gasteiger partial charge in [0.15, 0.2) is 0 Å². The summed E-state index contributed by atoms with van der Waals surface area (Å²) < 4.78 is 5.89. The molecule has 21 heavy (non-hydrogen) atoms. The maximum atomic E-state index is 5.89. The van der Waals surface area contributed by atoms with Crippen LogP contribution in [-0.4, -0.2) is 60.3 Å². The Bertz CT molecular complexity index is 422. The van der Waals surface area contributed by atoms with Gasteiger partial charge in [0.2, 0.25) is 0 Å². The Kier molecular flexibility index (Phi) is 5.04. The lowest BCUT2D eigenvalue weighted by Crippen LogP contribution is -2.49. The molecule has 5 heteroatoms. The van der Waals surface area contributed by atoms with Crippen LogP contribution in [0.2, 0.25) is 0 Å². The van der Waals surface area contributed by atoms with Crippen molar-refractivity contribution in [3.05, 3.63) is 18.6 Å². The Labute approximate surface area is 127 Å². The summed E-state index contributed by atoms with van der Waals surface area (Å²) >= 11 is 0. The van der Waals surface area contributed by atoms with Gasteiger partial charge in [-0.25, -0.2) is 9.97 Å². The molecule has 3 heterocycles. The zero-order valence-electron chi connectivity index (χ0n) is 12.9. The Morgan fingerprint density at radius 2 is 2.29 bits per heavy atom. The molecule has 0 amide bonds. The van der Waals surface area contributed by atoms with Gasteiger partial charge in [0.25, 0.3) is 0 Å². The van der Waals surface area contributed by atoms with E-state index in [0.717, 1.165) is 25.5 Å². The highest BCUT2D eigenvalue weighted by Crippen LogP contribution is 2.21. The minimum absolute atomic E-state index is 0.446. The highest BCUT2D eigenvalue weighted by Gasteiger charge is 2.26. The Morgan fingerprint density at radius 3 is 3.05 bits per heavy atom. The van der Waals surface area contributed by atoms with Gasteiger partial charge in [-0.3, -0.25) is 4.90 Å². The maximum absolute atomic E-state index is 5.89. The molecule has 2 unspecified atom stereocenters. The minimum atomic E-state index is 0.446. The standard InChI is InChI=1S/C16H26N4O/c1-19(16-7-8-17-13-18-16)14-5-4-9-20(11-14)12-15-6-2-3-10-21-15/h7-8,13-15H,2-6,9-12H2,1H3. The van der Waals surface area contributed by atoms with Crippen molar-refractivity contribution >= 4 is 5.82 Å². The molecule has 3 rings (SSSR count). The van der Waals surface area contributed by atoms with E-state index in [0.29, 0.717) is 12.1 Å². The van der Waals surface area contributed by atoms with Gasteiger partial charge in [0.1, 0.15) is 12.1 Å². The summed E-state index contributed by atoms with van der Waals surface area (Å²) in [5.74, 6) is 1.02. The fourth-order valence-corrected chi connectivity index (χ4v) is 3.43. The number of hydrogen-bond donors (Lipinski definition) is 0. The minimum Gasteiger partial charge on any atom is -0.377 e. The first-order valence-electron chi connectivity index (χ1n) is 8.16. The summed E-state index contributed by atoms with van der Waals surface area (Å²) in [5.41, 5.74) is 0. The van der Waals surface area contributed by atoms with Crippen molar-refractivity contribution in [3.8, 4) is 0 Å². The monoisotopic (exact) mass is 290 g/mol. The van der Waals surface area contributed by atoms with Crippen molar-refractivity contribution in [1.29, 1.82) is 0 Å². The Hall–Kier alpha value is -1.20. The predicted molar refractivity (Wildman–Crippen MR) is 83.5 cm³/mol. The highest BCUT2D eigenvalue weighted by atomic mass is 16.5. The molecule has 0 saturated carbocycles. The molecular weight excluding hydrogens is 264 g/mol. The largest absolute Gasteiger partial charge is 0.377 e.